The maximum Gasteiger partial charge on any atom is 0.181 e. The molecule has 5 aromatic heterocycles. The molecule has 11 heteroatoms. The molecule has 0 bridgehead atoms. The molecule has 0 spiro atoms. The molecule has 0 unspecified atom stereocenters. The van der Waals surface area contributed by atoms with E-state index in [4.69, 9.17) is 15.5 Å². The van der Waals surface area contributed by atoms with Crippen LogP contribution in [0.1, 0.15) is 0 Å². The Morgan fingerprint density at radius 1 is 1.28 bits per heavy atom. The number of aromatic nitrogens is 6. The van der Waals surface area contributed by atoms with E-state index in [1.54, 1.807) is 28.9 Å². The van der Waals surface area contributed by atoms with Gasteiger partial charge >= 0.3 is 0 Å². The molecule has 0 aliphatic heterocycles. The van der Waals surface area contributed by atoms with Crippen LogP contribution in [0, 0.1) is 0 Å². The molecule has 32 heavy (non-hydrogen) atoms. The van der Waals surface area contributed by atoms with Gasteiger partial charge in [0.25, 0.3) is 0 Å². The Kier molecular flexibility index (Phi) is 5.24. The van der Waals surface area contributed by atoms with Crippen LogP contribution in [0.3, 0.4) is 0 Å². The number of nitrogens with zero attached hydrogens (tertiary/aromatic N) is 6. The highest BCUT2D eigenvalue weighted by molar-refractivity contribution is 7.87. The second-order valence-electron chi connectivity index (χ2n) is 7.36. The summed E-state index contributed by atoms with van der Waals surface area (Å²) in [7, 11) is 4.06. The minimum absolute atomic E-state index is 0.378. The summed E-state index contributed by atoms with van der Waals surface area (Å²) in [6.07, 6.45) is 5.43. The van der Waals surface area contributed by atoms with Crippen LogP contribution in [-0.4, -0.2) is 53.2 Å². The van der Waals surface area contributed by atoms with Crippen LogP contribution in [-0.2, 0) is 29.6 Å². The fourth-order valence-corrected chi connectivity index (χ4v) is 6.25. The van der Waals surface area contributed by atoms with Crippen LogP contribution in [0.5, 0.6) is 0 Å². The SMILES string of the molecule is COCC[S@](=O)c1sc2nc(-c3cnc4nn(C)cc4c3)cc(-c3ccnn3C)c2c1N. The molecule has 0 radical (unpaired) electrons. The van der Waals surface area contributed by atoms with Crippen molar-refractivity contribution in [3.05, 3.63) is 36.8 Å². The third-order valence-corrected chi connectivity index (χ3v) is 8.08. The molecule has 5 rings (SSSR count). The van der Waals surface area contributed by atoms with Crippen LogP contribution in [0.4, 0.5) is 5.69 Å². The quantitative estimate of drug-likeness (QED) is 0.408. The second kappa shape index (κ2) is 8.08. The third kappa shape index (κ3) is 3.48. The van der Waals surface area contributed by atoms with Crippen LogP contribution < -0.4 is 5.73 Å². The van der Waals surface area contributed by atoms with Gasteiger partial charge in [-0.1, -0.05) is 0 Å². The van der Waals surface area contributed by atoms with Gasteiger partial charge in [0.15, 0.2) is 5.65 Å². The Labute approximate surface area is 190 Å². The summed E-state index contributed by atoms with van der Waals surface area (Å²) in [5.41, 5.74) is 11.1. The number of ether oxygens (including phenoxy) is 1. The van der Waals surface area contributed by atoms with Gasteiger partial charge < -0.3 is 10.5 Å². The van der Waals surface area contributed by atoms with Crippen LogP contribution in [0.15, 0.2) is 41.0 Å². The fourth-order valence-electron chi connectivity index (χ4n) is 3.68. The summed E-state index contributed by atoms with van der Waals surface area (Å²) >= 11 is 1.36. The Bertz CT molecular complexity index is 1480. The number of pyridine rings is 2. The molecule has 0 amide bonds. The number of aryl methyl sites for hydroxylation is 2. The number of anilines is 1. The van der Waals surface area contributed by atoms with Gasteiger partial charge in [-0.05, 0) is 18.2 Å². The Balaban J connectivity index is 1.74. The van der Waals surface area contributed by atoms with Crippen LogP contribution in [0.2, 0.25) is 0 Å². The Morgan fingerprint density at radius 2 is 2.12 bits per heavy atom. The Morgan fingerprint density at radius 3 is 2.88 bits per heavy atom. The van der Waals surface area contributed by atoms with Gasteiger partial charge in [-0.25, -0.2) is 9.97 Å². The van der Waals surface area contributed by atoms with E-state index in [1.807, 2.05) is 38.5 Å². The molecule has 0 aliphatic carbocycles. The maximum atomic E-state index is 12.9. The zero-order valence-corrected chi connectivity index (χ0v) is 19.4. The largest absolute Gasteiger partial charge is 0.396 e. The lowest BCUT2D eigenvalue weighted by atomic mass is 10.0. The zero-order chi connectivity index (χ0) is 22.4. The number of nitrogen functional groups attached to an aromatic ring is 1. The predicted molar refractivity (Wildman–Crippen MR) is 127 cm³/mol. The molecule has 0 fully saturated rings. The first kappa shape index (κ1) is 20.7. The first-order valence-electron chi connectivity index (χ1n) is 9.84. The fraction of sp³-hybridized carbons (Fsp3) is 0.238. The van der Waals surface area contributed by atoms with Gasteiger partial charge in [0.05, 0.1) is 40.2 Å². The molecule has 0 saturated carbocycles. The highest BCUT2D eigenvalue weighted by Crippen LogP contribution is 2.42. The standard InChI is InChI=1S/C21H21N7O2S2/c1-27-11-13-8-12(10-23-19(13)26-27)15-9-14(16-4-5-24-28(16)2)17-18(22)21(31-20(17)25-15)32(29)7-6-30-3/h4-5,8-11H,6-7,22H2,1-3H3/t32-/m0/s1. The van der Waals surface area contributed by atoms with E-state index < -0.39 is 10.8 Å². The van der Waals surface area contributed by atoms with Crippen LogP contribution >= 0.6 is 11.3 Å². The van der Waals surface area contributed by atoms with E-state index in [-0.39, 0.29) is 0 Å². The van der Waals surface area contributed by atoms with Crippen molar-refractivity contribution >= 4 is 49.1 Å². The van der Waals surface area contributed by atoms with Crippen molar-refractivity contribution in [2.45, 2.75) is 4.21 Å². The van der Waals surface area contributed by atoms with Crippen molar-refractivity contribution in [1.82, 2.24) is 29.5 Å². The summed E-state index contributed by atoms with van der Waals surface area (Å²) < 4.78 is 22.1. The van der Waals surface area contributed by atoms with Crippen molar-refractivity contribution in [2.24, 2.45) is 14.1 Å². The number of nitrogens with two attached hydrogens (primary N) is 1. The van der Waals surface area contributed by atoms with E-state index in [0.29, 0.717) is 27.9 Å². The first-order chi connectivity index (χ1) is 15.5. The van der Waals surface area contributed by atoms with Crippen LogP contribution in [0.25, 0.3) is 43.8 Å². The van der Waals surface area contributed by atoms with Gasteiger partial charge in [0.1, 0.15) is 9.04 Å². The molecule has 5 heterocycles. The number of hydrogen-bond donors (Lipinski definition) is 1. The molecule has 5 aromatic rings. The van der Waals surface area contributed by atoms with Gasteiger partial charge in [0.2, 0.25) is 0 Å². The minimum atomic E-state index is -1.27. The lowest BCUT2D eigenvalue weighted by molar-refractivity contribution is 0.218. The summed E-state index contributed by atoms with van der Waals surface area (Å²) in [5, 5.41) is 10.4. The van der Waals surface area contributed by atoms with E-state index in [2.05, 4.69) is 15.2 Å². The van der Waals surface area contributed by atoms with E-state index in [9.17, 15) is 4.21 Å². The number of fused-ring (bicyclic) bond motifs is 2. The van der Waals surface area contributed by atoms with Gasteiger partial charge in [0, 0.05) is 61.7 Å². The van der Waals surface area contributed by atoms with E-state index in [0.717, 1.165) is 38.1 Å². The van der Waals surface area contributed by atoms with E-state index in [1.165, 1.54) is 11.3 Å². The molecule has 0 aromatic carbocycles. The van der Waals surface area contributed by atoms with Crippen molar-refractivity contribution in [3.63, 3.8) is 0 Å². The van der Waals surface area contributed by atoms with Crippen molar-refractivity contribution in [3.8, 4) is 22.5 Å². The summed E-state index contributed by atoms with van der Waals surface area (Å²) in [4.78, 5) is 10.1. The topological polar surface area (TPSA) is 114 Å². The average Bonchev–Trinajstić information content (AvgIpc) is 3.46. The highest BCUT2D eigenvalue weighted by Gasteiger charge is 2.22. The van der Waals surface area contributed by atoms with Crippen molar-refractivity contribution in [1.29, 1.82) is 0 Å². The zero-order valence-electron chi connectivity index (χ0n) is 17.8. The van der Waals surface area contributed by atoms with Gasteiger partial charge in [-0.15, -0.1) is 11.3 Å². The molecule has 2 N–H and O–H groups in total. The normalized spacial score (nSPS) is 12.7. The molecule has 1 atom stereocenters. The van der Waals surface area contributed by atoms with E-state index >= 15 is 0 Å². The minimum Gasteiger partial charge on any atom is -0.396 e. The van der Waals surface area contributed by atoms with Crippen molar-refractivity contribution in [2.75, 3.05) is 25.2 Å². The number of rotatable bonds is 6. The molecule has 0 aliphatic rings. The molecular weight excluding hydrogens is 446 g/mol. The van der Waals surface area contributed by atoms with Gasteiger partial charge in [-0.3, -0.25) is 13.6 Å². The second-order valence-corrected chi connectivity index (χ2v) is 10.1. The highest BCUT2D eigenvalue weighted by atomic mass is 32.2. The van der Waals surface area contributed by atoms with Gasteiger partial charge in [-0.2, -0.15) is 10.2 Å². The maximum absolute atomic E-state index is 12.9. The summed E-state index contributed by atoms with van der Waals surface area (Å²) in [6.45, 7) is 0.393. The monoisotopic (exact) mass is 467 g/mol. The third-order valence-electron chi connectivity index (χ3n) is 5.21. The first-order valence-corrected chi connectivity index (χ1v) is 12.0. The molecular formula is C21H21N7O2S2. The molecule has 164 valence electrons. The summed E-state index contributed by atoms with van der Waals surface area (Å²) in [5.74, 6) is 0.378. The molecule has 0 saturated heterocycles. The Hall–Kier alpha value is -3.15. The lowest BCUT2D eigenvalue weighted by Gasteiger charge is -2.09. The van der Waals surface area contributed by atoms with Crippen molar-refractivity contribution < 1.29 is 8.95 Å². The smallest absolute Gasteiger partial charge is 0.181 e. The number of thiophene rings is 1. The average molecular weight is 468 g/mol. The number of hydrogen-bond acceptors (Lipinski definition) is 8. The lowest BCUT2D eigenvalue weighted by Crippen LogP contribution is -2.04. The molecule has 9 nitrogen and oxygen atoms in total. The summed E-state index contributed by atoms with van der Waals surface area (Å²) in [6, 6.07) is 5.94. The number of methoxy groups -OCH3 is 1. The predicted octanol–water partition coefficient (Wildman–Crippen LogP) is 2.98.